The topological polar surface area (TPSA) is 89.3 Å². The lowest BCUT2D eigenvalue weighted by molar-refractivity contribution is 0.555. The van der Waals surface area contributed by atoms with E-state index in [1.165, 1.54) is 12.1 Å². The van der Waals surface area contributed by atoms with Crippen molar-refractivity contribution < 1.29 is 12.6 Å². The summed E-state index contributed by atoms with van der Waals surface area (Å²) in [6, 6.07) is 4.16. The van der Waals surface area contributed by atoms with E-state index in [0.717, 1.165) is 0 Å². The molecule has 1 aromatic carbocycles. The molecule has 0 fully saturated rings. The maximum absolute atomic E-state index is 12.2. The Balaban J connectivity index is 2.83. The lowest BCUT2D eigenvalue weighted by atomic mass is 10.2. The van der Waals surface area contributed by atoms with Gasteiger partial charge in [0.1, 0.15) is 0 Å². The van der Waals surface area contributed by atoms with Gasteiger partial charge in [-0.05, 0) is 31.0 Å². The number of rotatable bonds is 7. The van der Waals surface area contributed by atoms with Crippen molar-refractivity contribution in [3.63, 3.8) is 0 Å². The van der Waals surface area contributed by atoms with Gasteiger partial charge in [0.15, 0.2) is 0 Å². The molecule has 0 aromatic heterocycles. The van der Waals surface area contributed by atoms with Crippen LogP contribution < -0.4 is 10.5 Å². The predicted octanol–water partition coefficient (Wildman–Crippen LogP) is 1.23. The van der Waals surface area contributed by atoms with Gasteiger partial charge in [0.25, 0.3) is 0 Å². The van der Waals surface area contributed by atoms with E-state index in [9.17, 15) is 12.6 Å². The van der Waals surface area contributed by atoms with E-state index in [1.54, 1.807) is 19.2 Å². The number of halogens is 1. The van der Waals surface area contributed by atoms with E-state index in [1.807, 2.05) is 0 Å². The molecule has 1 rings (SSSR count). The van der Waals surface area contributed by atoms with Crippen LogP contribution in [0.5, 0.6) is 0 Å². The first-order chi connectivity index (χ1) is 9.26. The summed E-state index contributed by atoms with van der Waals surface area (Å²) < 4.78 is 37.9. The van der Waals surface area contributed by atoms with Crippen LogP contribution in [0.2, 0.25) is 5.02 Å². The van der Waals surface area contributed by atoms with E-state index < -0.39 is 20.8 Å². The second-order valence-electron chi connectivity index (χ2n) is 4.55. The lowest BCUT2D eigenvalue weighted by Gasteiger charge is -2.14. The minimum Gasteiger partial charge on any atom is -0.326 e. The van der Waals surface area contributed by atoms with Gasteiger partial charge in [-0.1, -0.05) is 17.7 Å². The molecule has 1 aromatic rings. The van der Waals surface area contributed by atoms with Crippen molar-refractivity contribution in [1.29, 1.82) is 0 Å². The molecular formula is C12H19ClN2O3S2. The van der Waals surface area contributed by atoms with Crippen LogP contribution in [0.3, 0.4) is 0 Å². The Kier molecular flexibility index (Phi) is 6.60. The molecule has 0 spiro atoms. The van der Waals surface area contributed by atoms with Crippen LogP contribution in [0.25, 0.3) is 0 Å². The Bertz CT molecular complexity index is 590. The molecule has 0 radical (unpaired) electrons. The van der Waals surface area contributed by atoms with Gasteiger partial charge in [0.05, 0.1) is 4.90 Å². The van der Waals surface area contributed by atoms with Crippen LogP contribution >= 0.6 is 11.6 Å². The summed E-state index contributed by atoms with van der Waals surface area (Å²) in [6.07, 6.45) is 2.10. The van der Waals surface area contributed by atoms with Gasteiger partial charge in [-0.2, -0.15) is 0 Å². The van der Waals surface area contributed by atoms with E-state index in [2.05, 4.69) is 4.72 Å². The summed E-state index contributed by atoms with van der Waals surface area (Å²) in [6.45, 7) is 1.99. The van der Waals surface area contributed by atoms with Crippen LogP contribution in [0.1, 0.15) is 18.9 Å². The van der Waals surface area contributed by atoms with E-state index >= 15 is 0 Å². The maximum atomic E-state index is 12.2. The largest absolute Gasteiger partial charge is 0.326 e. The molecule has 0 aliphatic rings. The number of benzene rings is 1. The Morgan fingerprint density at radius 1 is 1.45 bits per heavy atom. The molecule has 2 unspecified atom stereocenters. The highest BCUT2D eigenvalue weighted by atomic mass is 35.5. The van der Waals surface area contributed by atoms with Crippen LogP contribution in [-0.2, 0) is 27.4 Å². The van der Waals surface area contributed by atoms with Gasteiger partial charge in [0, 0.05) is 40.4 Å². The minimum atomic E-state index is -3.63. The number of hydrogen-bond acceptors (Lipinski definition) is 4. The molecule has 0 bridgehead atoms. The van der Waals surface area contributed by atoms with Crippen molar-refractivity contribution in [2.75, 3.05) is 12.0 Å². The van der Waals surface area contributed by atoms with E-state index in [0.29, 0.717) is 22.8 Å². The van der Waals surface area contributed by atoms with Crippen LogP contribution in [0.15, 0.2) is 23.1 Å². The minimum absolute atomic E-state index is 0.101. The second-order valence-corrected chi connectivity index (χ2v) is 8.22. The van der Waals surface area contributed by atoms with Gasteiger partial charge in [-0.15, -0.1) is 0 Å². The van der Waals surface area contributed by atoms with Crippen molar-refractivity contribution in [3.8, 4) is 0 Å². The number of hydrogen-bond donors (Lipinski definition) is 2. The molecule has 114 valence electrons. The van der Waals surface area contributed by atoms with Crippen LogP contribution in [-0.4, -0.2) is 30.7 Å². The third-order valence-electron chi connectivity index (χ3n) is 2.75. The van der Waals surface area contributed by atoms with Crippen molar-refractivity contribution >= 4 is 32.4 Å². The fraction of sp³-hybridized carbons (Fsp3) is 0.500. The summed E-state index contributed by atoms with van der Waals surface area (Å²) in [5, 5.41) is 0.331. The summed E-state index contributed by atoms with van der Waals surface area (Å²) in [5.74, 6) is 0.455. The van der Waals surface area contributed by atoms with Gasteiger partial charge >= 0.3 is 0 Å². The molecule has 8 heteroatoms. The third-order valence-corrected chi connectivity index (χ3v) is 5.50. The molecule has 2 atom stereocenters. The lowest BCUT2D eigenvalue weighted by Crippen LogP contribution is -2.33. The van der Waals surface area contributed by atoms with Crippen molar-refractivity contribution in [1.82, 2.24) is 4.72 Å². The molecule has 5 nitrogen and oxygen atoms in total. The summed E-state index contributed by atoms with van der Waals surface area (Å²) >= 11 is 5.96. The molecule has 0 amide bonds. The molecule has 0 aliphatic carbocycles. The average molecular weight is 339 g/mol. The van der Waals surface area contributed by atoms with Crippen molar-refractivity contribution in [2.45, 2.75) is 30.8 Å². The maximum Gasteiger partial charge on any atom is 0.240 e. The second kappa shape index (κ2) is 7.51. The first kappa shape index (κ1) is 17.6. The predicted molar refractivity (Wildman–Crippen MR) is 82.7 cm³/mol. The zero-order valence-corrected chi connectivity index (χ0v) is 13.8. The standard InChI is InChI=1S/C12H19ClN2O3S2/c1-9(5-6-19(2)16)15-20(17,18)11-4-3-10(8-14)12(13)7-11/h3-4,7,9,15H,5-6,8,14H2,1-2H3. The molecule has 0 saturated heterocycles. The zero-order valence-electron chi connectivity index (χ0n) is 11.4. The monoisotopic (exact) mass is 338 g/mol. The normalized spacial score (nSPS) is 15.0. The molecule has 0 saturated carbocycles. The Morgan fingerprint density at radius 2 is 2.10 bits per heavy atom. The quantitative estimate of drug-likeness (QED) is 0.782. The van der Waals surface area contributed by atoms with Gasteiger partial charge in [0.2, 0.25) is 10.0 Å². The third kappa shape index (κ3) is 5.14. The zero-order chi connectivity index (χ0) is 15.3. The van der Waals surface area contributed by atoms with Crippen LogP contribution in [0.4, 0.5) is 0 Å². The number of nitrogens with one attached hydrogen (secondary N) is 1. The molecule has 0 heterocycles. The first-order valence-corrected chi connectivity index (χ1v) is 9.66. The van der Waals surface area contributed by atoms with Crippen molar-refractivity contribution in [2.24, 2.45) is 5.73 Å². The summed E-state index contributed by atoms with van der Waals surface area (Å²) in [5.41, 5.74) is 6.17. The van der Waals surface area contributed by atoms with Gasteiger partial charge in [-0.3, -0.25) is 4.21 Å². The van der Waals surface area contributed by atoms with Gasteiger partial charge in [-0.25, -0.2) is 13.1 Å². The first-order valence-electron chi connectivity index (χ1n) is 6.07. The summed E-state index contributed by atoms with van der Waals surface area (Å²) in [4.78, 5) is 0.101. The SMILES string of the molecule is CC(CCS(C)=O)NS(=O)(=O)c1ccc(CN)c(Cl)c1. The highest BCUT2D eigenvalue weighted by Gasteiger charge is 2.18. The van der Waals surface area contributed by atoms with Gasteiger partial charge < -0.3 is 5.73 Å². The fourth-order valence-electron chi connectivity index (χ4n) is 1.60. The van der Waals surface area contributed by atoms with E-state index in [-0.39, 0.29) is 17.5 Å². The molecule has 0 aliphatic heterocycles. The Labute approximate surface area is 127 Å². The molecular weight excluding hydrogens is 320 g/mol. The Hall–Kier alpha value is -0.470. The Morgan fingerprint density at radius 3 is 2.60 bits per heavy atom. The highest BCUT2D eigenvalue weighted by molar-refractivity contribution is 7.89. The van der Waals surface area contributed by atoms with E-state index in [4.69, 9.17) is 17.3 Å². The molecule has 20 heavy (non-hydrogen) atoms. The fourth-order valence-corrected chi connectivity index (χ4v) is 3.91. The molecule has 3 N–H and O–H groups in total. The number of nitrogens with two attached hydrogens (primary N) is 1. The van der Waals surface area contributed by atoms with Crippen LogP contribution in [0, 0.1) is 0 Å². The smallest absolute Gasteiger partial charge is 0.240 e. The average Bonchev–Trinajstić information content (AvgIpc) is 2.35. The summed E-state index contributed by atoms with van der Waals surface area (Å²) in [7, 11) is -4.57. The number of sulfonamides is 1. The highest BCUT2D eigenvalue weighted by Crippen LogP contribution is 2.20. The van der Waals surface area contributed by atoms with Crippen molar-refractivity contribution in [3.05, 3.63) is 28.8 Å².